The number of hydrogen-bond donors (Lipinski definition) is 1. The van der Waals surface area contributed by atoms with Crippen molar-refractivity contribution in [2.24, 2.45) is 0 Å². The highest BCUT2D eigenvalue weighted by atomic mass is 16.5. The molecule has 0 spiro atoms. The average Bonchev–Trinajstić information content (AvgIpc) is 2.27. The van der Waals surface area contributed by atoms with Gasteiger partial charge in [0.25, 0.3) is 0 Å². The first-order chi connectivity index (χ1) is 7.27. The van der Waals surface area contributed by atoms with Crippen LogP contribution in [-0.2, 0) is 16.1 Å². The van der Waals surface area contributed by atoms with Gasteiger partial charge in [0, 0.05) is 6.20 Å². The van der Waals surface area contributed by atoms with E-state index in [-0.39, 0.29) is 5.97 Å². The van der Waals surface area contributed by atoms with Crippen LogP contribution >= 0.6 is 0 Å². The van der Waals surface area contributed by atoms with Gasteiger partial charge >= 0.3 is 5.97 Å². The average molecular weight is 208 g/mol. The van der Waals surface area contributed by atoms with E-state index in [2.05, 4.69) is 10.3 Å². The van der Waals surface area contributed by atoms with Gasteiger partial charge in [-0.2, -0.15) is 0 Å². The third-order valence-corrected chi connectivity index (χ3v) is 1.70. The summed E-state index contributed by atoms with van der Waals surface area (Å²) in [6.45, 7) is 2.44. The highest BCUT2D eigenvalue weighted by Gasteiger charge is 2.05. The van der Waals surface area contributed by atoms with E-state index >= 15 is 0 Å². The van der Waals surface area contributed by atoms with Crippen LogP contribution in [0.4, 0.5) is 0 Å². The van der Waals surface area contributed by atoms with Gasteiger partial charge in [-0.3, -0.25) is 9.78 Å². The number of amides is 1. The standard InChI is InChI=1S/C10H12N2O3/c1-2-15-10(14)8-3-4-9(12-5-8)6-11-7-13/h3-5,7H,2,6H2,1H3,(H,11,13). The molecule has 1 aromatic rings. The summed E-state index contributed by atoms with van der Waals surface area (Å²) in [7, 11) is 0. The van der Waals surface area contributed by atoms with Crippen LogP contribution in [0.15, 0.2) is 18.3 Å². The Balaban J connectivity index is 2.63. The van der Waals surface area contributed by atoms with E-state index in [0.717, 1.165) is 0 Å². The molecule has 0 fully saturated rings. The van der Waals surface area contributed by atoms with Crippen molar-refractivity contribution in [3.05, 3.63) is 29.6 Å². The van der Waals surface area contributed by atoms with Crippen molar-refractivity contribution in [1.82, 2.24) is 10.3 Å². The topological polar surface area (TPSA) is 68.3 Å². The van der Waals surface area contributed by atoms with Crippen molar-refractivity contribution < 1.29 is 14.3 Å². The highest BCUT2D eigenvalue weighted by Crippen LogP contribution is 2.02. The number of rotatable bonds is 5. The second kappa shape index (κ2) is 5.74. The van der Waals surface area contributed by atoms with Crippen LogP contribution in [0.2, 0.25) is 0 Å². The molecule has 1 aromatic heterocycles. The Kier molecular flexibility index (Phi) is 4.28. The number of carbonyl (C=O) groups excluding carboxylic acids is 2. The van der Waals surface area contributed by atoms with Gasteiger partial charge in [0.1, 0.15) is 0 Å². The molecule has 0 unspecified atom stereocenters. The van der Waals surface area contributed by atoms with Gasteiger partial charge in [-0.15, -0.1) is 0 Å². The monoisotopic (exact) mass is 208 g/mol. The van der Waals surface area contributed by atoms with Gasteiger partial charge in [0.05, 0.1) is 24.4 Å². The Morgan fingerprint density at radius 2 is 2.40 bits per heavy atom. The number of aromatic nitrogens is 1. The van der Waals surface area contributed by atoms with Crippen molar-refractivity contribution in [2.45, 2.75) is 13.5 Å². The molecule has 0 aliphatic heterocycles. The minimum Gasteiger partial charge on any atom is -0.462 e. The van der Waals surface area contributed by atoms with Crippen LogP contribution in [0, 0.1) is 0 Å². The summed E-state index contributed by atoms with van der Waals surface area (Å²) in [5.41, 5.74) is 1.10. The van der Waals surface area contributed by atoms with Gasteiger partial charge in [-0.1, -0.05) is 0 Å². The van der Waals surface area contributed by atoms with E-state index in [9.17, 15) is 9.59 Å². The molecule has 0 saturated heterocycles. The van der Waals surface area contributed by atoms with Crippen LogP contribution in [0.25, 0.3) is 0 Å². The zero-order valence-electron chi connectivity index (χ0n) is 8.40. The number of ether oxygens (including phenoxy) is 1. The predicted molar refractivity (Wildman–Crippen MR) is 53.1 cm³/mol. The Hall–Kier alpha value is -1.91. The van der Waals surface area contributed by atoms with Crippen molar-refractivity contribution in [1.29, 1.82) is 0 Å². The lowest BCUT2D eigenvalue weighted by Crippen LogP contribution is -2.12. The van der Waals surface area contributed by atoms with Gasteiger partial charge in [-0.05, 0) is 19.1 Å². The number of carbonyl (C=O) groups is 2. The van der Waals surface area contributed by atoms with Crippen LogP contribution in [-0.4, -0.2) is 24.0 Å². The molecule has 80 valence electrons. The zero-order valence-corrected chi connectivity index (χ0v) is 8.40. The third kappa shape index (κ3) is 3.38. The fraction of sp³-hybridized carbons (Fsp3) is 0.300. The Bertz CT molecular complexity index is 335. The number of pyridine rings is 1. The molecule has 5 heteroatoms. The molecular formula is C10H12N2O3. The van der Waals surface area contributed by atoms with Gasteiger partial charge < -0.3 is 10.1 Å². The maximum Gasteiger partial charge on any atom is 0.339 e. The number of nitrogens with zero attached hydrogens (tertiary/aromatic N) is 1. The first-order valence-electron chi connectivity index (χ1n) is 4.57. The van der Waals surface area contributed by atoms with E-state index in [1.807, 2.05) is 0 Å². The lowest BCUT2D eigenvalue weighted by Gasteiger charge is -2.02. The molecule has 0 aliphatic carbocycles. The lowest BCUT2D eigenvalue weighted by atomic mass is 10.2. The van der Waals surface area contributed by atoms with E-state index in [1.165, 1.54) is 6.20 Å². The normalized spacial score (nSPS) is 9.40. The maximum atomic E-state index is 11.2. The molecular weight excluding hydrogens is 196 g/mol. The van der Waals surface area contributed by atoms with Crippen LogP contribution in [0.5, 0.6) is 0 Å². The van der Waals surface area contributed by atoms with E-state index in [1.54, 1.807) is 19.1 Å². The molecule has 0 aliphatic rings. The fourth-order valence-corrected chi connectivity index (χ4v) is 1.01. The number of esters is 1. The van der Waals surface area contributed by atoms with Gasteiger partial charge in [0.15, 0.2) is 0 Å². The molecule has 0 aromatic carbocycles. The first-order valence-corrected chi connectivity index (χ1v) is 4.57. The summed E-state index contributed by atoms with van der Waals surface area (Å²) in [6.07, 6.45) is 2.03. The van der Waals surface area contributed by atoms with Crippen LogP contribution in [0.3, 0.4) is 0 Å². The minimum absolute atomic E-state index is 0.341. The molecule has 1 heterocycles. The largest absolute Gasteiger partial charge is 0.462 e. The predicted octanol–water partition coefficient (Wildman–Crippen LogP) is 0.504. The molecule has 15 heavy (non-hydrogen) atoms. The molecule has 5 nitrogen and oxygen atoms in total. The number of nitrogens with one attached hydrogen (secondary N) is 1. The molecule has 1 N–H and O–H groups in total. The smallest absolute Gasteiger partial charge is 0.339 e. The Morgan fingerprint density at radius 1 is 1.60 bits per heavy atom. The maximum absolute atomic E-state index is 11.2. The SMILES string of the molecule is CCOC(=O)c1ccc(CNC=O)nc1. The van der Waals surface area contributed by atoms with Crippen LogP contribution in [0.1, 0.15) is 23.0 Å². The van der Waals surface area contributed by atoms with Crippen molar-refractivity contribution >= 4 is 12.4 Å². The highest BCUT2D eigenvalue weighted by molar-refractivity contribution is 5.88. The van der Waals surface area contributed by atoms with E-state index in [4.69, 9.17) is 4.74 Å². The second-order valence-corrected chi connectivity index (χ2v) is 2.76. The minimum atomic E-state index is -0.389. The van der Waals surface area contributed by atoms with Crippen LogP contribution < -0.4 is 5.32 Å². The van der Waals surface area contributed by atoms with Crippen molar-refractivity contribution in [2.75, 3.05) is 6.61 Å². The van der Waals surface area contributed by atoms with Gasteiger partial charge in [-0.25, -0.2) is 4.79 Å². The number of hydrogen-bond acceptors (Lipinski definition) is 4. The summed E-state index contributed by atoms with van der Waals surface area (Å²) in [4.78, 5) is 25.3. The second-order valence-electron chi connectivity index (χ2n) is 2.76. The van der Waals surface area contributed by atoms with Crippen molar-refractivity contribution in [3.63, 3.8) is 0 Å². The summed E-state index contributed by atoms with van der Waals surface area (Å²) >= 11 is 0. The molecule has 0 atom stereocenters. The molecule has 0 bridgehead atoms. The first kappa shape index (κ1) is 11.2. The summed E-state index contributed by atoms with van der Waals surface area (Å²) < 4.78 is 4.80. The molecule has 1 rings (SSSR count). The molecule has 0 radical (unpaired) electrons. The summed E-state index contributed by atoms with van der Waals surface area (Å²) in [6, 6.07) is 3.29. The molecule has 1 amide bonds. The third-order valence-electron chi connectivity index (χ3n) is 1.70. The van der Waals surface area contributed by atoms with Gasteiger partial charge in [0.2, 0.25) is 6.41 Å². The summed E-state index contributed by atoms with van der Waals surface area (Å²) in [5, 5.41) is 2.48. The summed E-state index contributed by atoms with van der Waals surface area (Å²) in [5.74, 6) is -0.389. The fourth-order valence-electron chi connectivity index (χ4n) is 1.01. The van der Waals surface area contributed by atoms with E-state index < -0.39 is 0 Å². The quantitative estimate of drug-likeness (QED) is 0.565. The van der Waals surface area contributed by atoms with E-state index in [0.29, 0.717) is 30.8 Å². The van der Waals surface area contributed by atoms with Crippen molar-refractivity contribution in [3.8, 4) is 0 Å². The molecule has 0 saturated carbocycles. The Labute approximate surface area is 87.5 Å². The Morgan fingerprint density at radius 3 is 2.93 bits per heavy atom. The lowest BCUT2D eigenvalue weighted by molar-refractivity contribution is -0.109. The zero-order chi connectivity index (χ0) is 11.1.